The van der Waals surface area contributed by atoms with Crippen molar-refractivity contribution in [2.45, 2.75) is 33.2 Å². The van der Waals surface area contributed by atoms with Gasteiger partial charge in [0.05, 0.1) is 6.20 Å². The maximum Gasteiger partial charge on any atom is 0.0540 e. The third-order valence-electron chi connectivity index (χ3n) is 2.89. The van der Waals surface area contributed by atoms with E-state index >= 15 is 0 Å². The Morgan fingerprint density at radius 1 is 1.62 bits per heavy atom. The first-order chi connectivity index (χ1) is 6.07. The van der Waals surface area contributed by atoms with Gasteiger partial charge in [0.1, 0.15) is 0 Å². The van der Waals surface area contributed by atoms with E-state index in [4.69, 9.17) is 5.73 Å². The second-order valence-electron chi connectivity index (χ2n) is 3.72. The normalized spacial score (nSPS) is 15.8. The Bertz CT molecular complexity index is 278. The van der Waals surface area contributed by atoms with E-state index in [1.54, 1.807) is 0 Å². The second kappa shape index (κ2) is 3.92. The summed E-state index contributed by atoms with van der Waals surface area (Å²) in [6, 6.07) is 0.124. The number of hydrogen-bond acceptors (Lipinski definition) is 2. The van der Waals surface area contributed by atoms with Gasteiger partial charge >= 0.3 is 0 Å². The van der Waals surface area contributed by atoms with Gasteiger partial charge in [-0.15, -0.1) is 0 Å². The molecule has 13 heavy (non-hydrogen) atoms. The summed E-state index contributed by atoms with van der Waals surface area (Å²) in [5.74, 6) is 0.517. The van der Waals surface area contributed by atoms with Crippen LogP contribution in [-0.2, 0) is 7.05 Å². The lowest BCUT2D eigenvalue weighted by atomic mass is 9.94. The van der Waals surface area contributed by atoms with Crippen molar-refractivity contribution >= 4 is 0 Å². The fourth-order valence-corrected chi connectivity index (χ4v) is 1.40. The highest BCUT2D eigenvalue weighted by Gasteiger charge is 2.17. The van der Waals surface area contributed by atoms with Crippen molar-refractivity contribution < 1.29 is 0 Å². The fourth-order valence-electron chi connectivity index (χ4n) is 1.40. The summed E-state index contributed by atoms with van der Waals surface area (Å²) >= 11 is 0. The molecule has 0 aliphatic carbocycles. The van der Waals surface area contributed by atoms with Crippen LogP contribution in [0.5, 0.6) is 0 Å². The molecule has 1 aromatic rings. The first kappa shape index (κ1) is 10.3. The number of rotatable bonds is 3. The van der Waals surface area contributed by atoms with Crippen LogP contribution in [0, 0.1) is 12.8 Å². The standard InChI is InChI=1S/C10H19N3/c1-5-7(2)10(11)9-6-12-13(4)8(9)3/h6-7,10H,5,11H2,1-4H3. The van der Waals surface area contributed by atoms with E-state index in [0.717, 1.165) is 6.42 Å². The number of hydrogen-bond donors (Lipinski definition) is 1. The van der Waals surface area contributed by atoms with Gasteiger partial charge in [-0.3, -0.25) is 4.68 Å². The first-order valence-corrected chi connectivity index (χ1v) is 4.82. The molecule has 0 aromatic carbocycles. The summed E-state index contributed by atoms with van der Waals surface area (Å²) < 4.78 is 1.87. The van der Waals surface area contributed by atoms with E-state index in [1.807, 2.05) is 17.9 Å². The predicted molar refractivity (Wildman–Crippen MR) is 54.3 cm³/mol. The van der Waals surface area contributed by atoms with Gasteiger partial charge in [0.25, 0.3) is 0 Å². The lowest BCUT2D eigenvalue weighted by Gasteiger charge is -2.17. The van der Waals surface area contributed by atoms with Gasteiger partial charge in [0, 0.05) is 24.3 Å². The SMILES string of the molecule is CCC(C)C(N)c1cnn(C)c1C. The lowest BCUT2D eigenvalue weighted by Crippen LogP contribution is -2.19. The summed E-state index contributed by atoms with van der Waals surface area (Å²) in [5.41, 5.74) is 8.46. The summed E-state index contributed by atoms with van der Waals surface area (Å²) in [6.07, 6.45) is 2.99. The minimum Gasteiger partial charge on any atom is -0.324 e. The average molecular weight is 181 g/mol. The molecule has 0 saturated carbocycles. The van der Waals surface area contributed by atoms with E-state index in [1.165, 1.54) is 11.3 Å². The summed E-state index contributed by atoms with van der Waals surface area (Å²) in [5, 5.41) is 4.19. The van der Waals surface area contributed by atoms with Crippen LogP contribution in [0.3, 0.4) is 0 Å². The summed E-state index contributed by atoms with van der Waals surface area (Å²) in [7, 11) is 1.95. The van der Waals surface area contributed by atoms with E-state index in [9.17, 15) is 0 Å². The quantitative estimate of drug-likeness (QED) is 0.772. The highest BCUT2D eigenvalue weighted by Crippen LogP contribution is 2.23. The molecule has 74 valence electrons. The highest BCUT2D eigenvalue weighted by molar-refractivity contribution is 5.20. The molecular formula is C10H19N3. The Labute approximate surface area is 79.9 Å². The van der Waals surface area contributed by atoms with Crippen LogP contribution in [0.2, 0.25) is 0 Å². The Balaban J connectivity index is 2.88. The molecule has 0 saturated heterocycles. The zero-order valence-electron chi connectivity index (χ0n) is 8.91. The zero-order valence-corrected chi connectivity index (χ0v) is 8.91. The Kier molecular flexibility index (Phi) is 3.09. The van der Waals surface area contributed by atoms with Crippen LogP contribution in [0.4, 0.5) is 0 Å². The van der Waals surface area contributed by atoms with Crippen LogP contribution in [0.15, 0.2) is 6.20 Å². The summed E-state index contributed by atoms with van der Waals surface area (Å²) in [6.45, 7) is 6.40. The number of nitrogens with zero attached hydrogens (tertiary/aromatic N) is 2. The first-order valence-electron chi connectivity index (χ1n) is 4.82. The zero-order chi connectivity index (χ0) is 10.0. The van der Waals surface area contributed by atoms with Crippen molar-refractivity contribution in [1.29, 1.82) is 0 Å². The topological polar surface area (TPSA) is 43.8 Å². The van der Waals surface area contributed by atoms with Crippen molar-refractivity contribution in [2.24, 2.45) is 18.7 Å². The van der Waals surface area contributed by atoms with Crippen molar-refractivity contribution in [2.75, 3.05) is 0 Å². The van der Waals surface area contributed by atoms with E-state index in [0.29, 0.717) is 5.92 Å². The molecule has 3 heteroatoms. The molecule has 0 radical (unpaired) electrons. The maximum absolute atomic E-state index is 6.11. The molecule has 0 bridgehead atoms. The minimum atomic E-state index is 0.124. The number of aromatic nitrogens is 2. The highest BCUT2D eigenvalue weighted by atomic mass is 15.3. The van der Waals surface area contributed by atoms with Crippen LogP contribution >= 0.6 is 0 Å². The third-order valence-corrected chi connectivity index (χ3v) is 2.89. The molecular weight excluding hydrogens is 162 g/mol. The van der Waals surface area contributed by atoms with Gasteiger partial charge in [0.2, 0.25) is 0 Å². The van der Waals surface area contributed by atoms with E-state index in [2.05, 4.69) is 25.9 Å². The minimum absolute atomic E-state index is 0.124. The van der Waals surface area contributed by atoms with Crippen molar-refractivity contribution in [3.05, 3.63) is 17.5 Å². The van der Waals surface area contributed by atoms with Crippen molar-refractivity contribution in [1.82, 2.24) is 9.78 Å². The Hall–Kier alpha value is -0.830. The molecule has 1 aromatic heterocycles. The lowest BCUT2D eigenvalue weighted by molar-refractivity contribution is 0.455. The smallest absolute Gasteiger partial charge is 0.0540 e. The largest absolute Gasteiger partial charge is 0.324 e. The van der Waals surface area contributed by atoms with E-state index in [-0.39, 0.29) is 6.04 Å². The van der Waals surface area contributed by atoms with Crippen molar-refractivity contribution in [3.8, 4) is 0 Å². The molecule has 0 spiro atoms. The molecule has 0 aliphatic heterocycles. The molecule has 1 rings (SSSR count). The molecule has 2 unspecified atom stereocenters. The van der Waals surface area contributed by atoms with Gasteiger partial charge in [0.15, 0.2) is 0 Å². The third kappa shape index (κ3) is 1.91. The predicted octanol–water partition coefficient (Wildman–Crippen LogP) is 1.77. The van der Waals surface area contributed by atoms with E-state index < -0.39 is 0 Å². The molecule has 0 fully saturated rings. The molecule has 0 amide bonds. The molecule has 1 heterocycles. The van der Waals surface area contributed by atoms with Gasteiger partial charge < -0.3 is 5.73 Å². The van der Waals surface area contributed by atoms with Crippen molar-refractivity contribution in [3.63, 3.8) is 0 Å². The van der Waals surface area contributed by atoms with Crippen LogP contribution in [0.1, 0.15) is 37.6 Å². The number of aryl methyl sites for hydroxylation is 1. The summed E-state index contributed by atoms with van der Waals surface area (Å²) in [4.78, 5) is 0. The molecule has 0 aliphatic rings. The van der Waals surface area contributed by atoms with Crippen LogP contribution in [-0.4, -0.2) is 9.78 Å². The van der Waals surface area contributed by atoms with Gasteiger partial charge in [-0.05, 0) is 12.8 Å². The van der Waals surface area contributed by atoms with Crippen LogP contribution in [0.25, 0.3) is 0 Å². The molecule has 3 nitrogen and oxygen atoms in total. The second-order valence-corrected chi connectivity index (χ2v) is 3.72. The Morgan fingerprint density at radius 3 is 2.62 bits per heavy atom. The fraction of sp³-hybridized carbons (Fsp3) is 0.700. The van der Waals surface area contributed by atoms with Gasteiger partial charge in [-0.1, -0.05) is 20.3 Å². The van der Waals surface area contributed by atoms with Gasteiger partial charge in [-0.2, -0.15) is 5.10 Å². The maximum atomic E-state index is 6.11. The molecule has 2 N–H and O–H groups in total. The monoisotopic (exact) mass is 181 g/mol. The Morgan fingerprint density at radius 2 is 2.23 bits per heavy atom. The molecule has 2 atom stereocenters. The van der Waals surface area contributed by atoms with Gasteiger partial charge in [-0.25, -0.2) is 0 Å². The van der Waals surface area contributed by atoms with Crippen LogP contribution < -0.4 is 5.73 Å². The number of nitrogens with two attached hydrogens (primary N) is 1. The average Bonchev–Trinajstić information content (AvgIpc) is 2.45.